The molecule has 1 atom stereocenters. The van der Waals surface area contributed by atoms with Crippen LogP contribution in [0.2, 0.25) is 0 Å². The molecule has 0 radical (unpaired) electrons. The molecule has 0 spiro atoms. The molecular weight excluding hydrogens is 196 g/mol. The van der Waals surface area contributed by atoms with Crippen molar-refractivity contribution >= 4 is 0 Å². The molecule has 1 aliphatic rings. The number of aromatic nitrogens is 1. The van der Waals surface area contributed by atoms with Gasteiger partial charge in [0.25, 0.3) is 0 Å². The first-order chi connectivity index (χ1) is 7.56. The van der Waals surface area contributed by atoms with Gasteiger partial charge in [0.15, 0.2) is 0 Å². The molecule has 0 saturated carbocycles. The molecule has 1 aromatic rings. The average molecular weight is 218 g/mol. The summed E-state index contributed by atoms with van der Waals surface area (Å²) < 4.78 is 0. The fourth-order valence-electron chi connectivity index (χ4n) is 2.24. The fraction of sp³-hybridized carbons (Fsp3) is 0.643. The maximum Gasteiger partial charge on any atom is 0.0605 e. The summed E-state index contributed by atoms with van der Waals surface area (Å²) in [6, 6.07) is 4.72. The lowest BCUT2D eigenvalue weighted by Crippen LogP contribution is -2.33. The van der Waals surface area contributed by atoms with Crippen molar-refractivity contribution in [2.75, 3.05) is 6.54 Å². The lowest BCUT2D eigenvalue weighted by atomic mass is 9.90. The summed E-state index contributed by atoms with van der Waals surface area (Å²) in [7, 11) is 0. The van der Waals surface area contributed by atoms with Crippen LogP contribution in [0, 0.1) is 5.41 Å². The van der Waals surface area contributed by atoms with E-state index in [0.717, 1.165) is 6.54 Å². The summed E-state index contributed by atoms with van der Waals surface area (Å²) >= 11 is 0. The molecule has 2 rings (SSSR count). The molecule has 2 nitrogen and oxygen atoms in total. The van der Waals surface area contributed by atoms with E-state index in [2.05, 4.69) is 37.1 Å². The van der Waals surface area contributed by atoms with E-state index in [1.807, 2.05) is 12.3 Å². The van der Waals surface area contributed by atoms with E-state index >= 15 is 0 Å². The highest BCUT2D eigenvalue weighted by Crippen LogP contribution is 2.28. The largest absolute Gasteiger partial charge is 0.308 e. The van der Waals surface area contributed by atoms with Crippen LogP contribution in [0.4, 0.5) is 0 Å². The summed E-state index contributed by atoms with van der Waals surface area (Å²) in [6.45, 7) is 7.85. The van der Waals surface area contributed by atoms with Crippen molar-refractivity contribution < 1.29 is 0 Å². The second-order valence-corrected chi connectivity index (χ2v) is 5.93. The van der Waals surface area contributed by atoms with E-state index in [-0.39, 0.29) is 0 Å². The van der Waals surface area contributed by atoms with Crippen LogP contribution < -0.4 is 5.32 Å². The summed E-state index contributed by atoms with van der Waals surface area (Å²) in [5, 5.41) is 3.66. The maximum absolute atomic E-state index is 4.54. The number of aryl methyl sites for hydroxylation is 1. The quantitative estimate of drug-likeness (QED) is 0.825. The predicted molar refractivity (Wildman–Crippen MR) is 67.4 cm³/mol. The van der Waals surface area contributed by atoms with Gasteiger partial charge in [0.2, 0.25) is 0 Å². The highest BCUT2D eigenvalue weighted by Gasteiger charge is 2.22. The molecule has 1 aromatic heterocycles. The van der Waals surface area contributed by atoms with Crippen LogP contribution in [0.1, 0.15) is 50.9 Å². The maximum atomic E-state index is 4.54. The van der Waals surface area contributed by atoms with E-state index in [9.17, 15) is 0 Å². The molecule has 0 fully saturated rings. The van der Waals surface area contributed by atoms with Gasteiger partial charge in [-0.3, -0.25) is 4.98 Å². The summed E-state index contributed by atoms with van der Waals surface area (Å²) in [5.74, 6) is 0. The Balaban J connectivity index is 2.07. The molecule has 2 heteroatoms. The van der Waals surface area contributed by atoms with Crippen molar-refractivity contribution in [3.8, 4) is 0 Å². The van der Waals surface area contributed by atoms with Gasteiger partial charge in [-0.25, -0.2) is 0 Å². The number of nitrogens with one attached hydrogen (secondary N) is 1. The van der Waals surface area contributed by atoms with E-state index < -0.39 is 0 Å². The van der Waals surface area contributed by atoms with Crippen molar-refractivity contribution in [1.82, 2.24) is 10.3 Å². The van der Waals surface area contributed by atoms with Gasteiger partial charge in [-0.05, 0) is 36.3 Å². The van der Waals surface area contributed by atoms with Crippen molar-refractivity contribution in [3.63, 3.8) is 0 Å². The summed E-state index contributed by atoms with van der Waals surface area (Å²) in [6.07, 6.45) is 5.60. The third-order valence-electron chi connectivity index (χ3n) is 3.07. The van der Waals surface area contributed by atoms with Crippen LogP contribution in [-0.4, -0.2) is 11.5 Å². The third-order valence-corrected chi connectivity index (χ3v) is 3.07. The number of hydrogen-bond donors (Lipinski definition) is 1. The Labute approximate surface area is 98.5 Å². The van der Waals surface area contributed by atoms with Gasteiger partial charge in [-0.1, -0.05) is 26.8 Å². The van der Waals surface area contributed by atoms with Crippen LogP contribution >= 0.6 is 0 Å². The normalized spacial score (nSPS) is 20.6. The zero-order valence-electron chi connectivity index (χ0n) is 10.6. The Morgan fingerprint density at radius 3 is 3.00 bits per heavy atom. The molecule has 0 saturated heterocycles. The molecule has 1 N–H and O–H groups in total. The third kappa shape index (κ3) is 2.82. The molecule has 0 aromatic carbocycles. The molecular formula is C14H22N2. The summed E-state index contributed by atoms with van der Waals surface area (Å²) in [5.41, 5.74) is 3.05. The highest BCUT2D eigenvalue weighted by molar-refractivity contribution is 5.25. The lowest BCUT2D eigenvalue weighted by molar-refractivity contribution is 0.333. The standard InChI is InChI=1S/C14H22N2/c1-14(2,3)10-16-12-8-4-6-11-7-5-9-15-13(11)12/h5,7,9,12,16H,4,6,8,10H2,1-3H3. The molecule has 0 amide bonds. The minimum atomic E-state index is 0.340. The Morgan fingerprint density at radius 2 is 2.25 bits per heavy atom. The molecule has 1 heterocycles. The first kappa shape index (κ1) is 11.6. The summed E-state index contributed by atoms with van der Waals surface area (Å²) in [4.78, 5) is 4.54. The van der Waals surface area contributed by atoms with Crippen molar-refractivity contribution in [1.29, 1.82) is 0 Å². The van der Waals surface area contributed by atoms with Crippen LogP contribution in [0.15, 0.2) is 18.3 Å². The molecule has 1 aliphatic carbocycles. The minimum absolute atomic E-state index is 0.340. The first-order valence-corrected chi connectivity index (χ1v) is 6.23. The molecule has 0 aliphatic heterocycles. The average Bonchev–Trinajstić information content (AvgIpc) is 2.25. The van der Waals surface area contributed by atoms with Crippen LogP contribution in [-0.2, 0) is 6.42 Å². The van der Waals surface area contributed by atoms with Gasteiger partial charge in [-0.15, -0.1) is 0 Å². The number of nitrogens with zero attached hydrogens (tertiary/aromatic N) is 1. The molecule has 88 valence electrons. The highest BCUT2D eigenvalue weighted by atomic mass is 14.9. The van der Waals surface area contributed by atoms with E-state index in [1.54, 1.807) is 0 Å². The van der Waals surface area contributed by atoms with E-state index in [4.69, 9.17) is 0 Å². The van der Waals surface area contributed by atoms with Crippen molar-refractivity contribution in [3.05, 3.63) is 29.6 Å². The van der Waals surface area contributed by atoms with Crippen LogP contribution in [0.25, 0.3) is 0 Å². The van der Waals surface area contributed by atoms with Gasteiger partial charge in [0.05, 0.1) is 5.69 Å². The second kappa shape index (κ2) is 4.54. The topological polar surface area (TPSA) is 24.9 Å². The Hall–Kier alpha value is -0.890. The monoisotopic (exact) mass is 218 g/mol. The molecule has 16 heavy (non-hydrogen) atoms. The predicted octanol–water partition coefficient (Wildman–Crippen LogP) is 3.09. The Morgan fingerprint density at radius 1 is 1.44 bits per heavy atom. The number of hydrogen-bond acceptors (Lipinski definition) is 2. The Bertz CT molecular complexity index is 352. The number of pyridine rings is 1. The van der Waals surface area contributed by atoms with E-state index in [0.29, 0.717) is 11.5 Å². The van der Waals surface area contributed by atoms with Crippen LogP contribution in [0.3, 0.4) is 0 Å². The van der Waals surface area contributed by atoms with Gasteiger partial charge < -0.3 is 5.32 Å². The molecule has 1 unspecified atom stereocenters. The number of rotatable bonds is 2. The zero-order valence-corrected chi connectivity index (χ0v) is 10.6. The minimum Gasteiger partial charge on any atom is -0.308 e. The first-order valence-electron chi connectivity index (χ1n) is 6.23. The Kier molecular flexibility index (Phi) is 3.29. The fourth-order valence-corrected chi connectivity index (χ4v) is 2.24. The van der Waals surface area contributed by atoms with Gasteiger partial charge in [-0.2, -0.15) is 0 Å². The smallest absolute Gasteiger partial charge is 0.0605 e. The zero-order chi connectivity index (χ0) is 11.6. The SMILES string of the molecule is CC(C)(C)CNC1CCCc2cccnc21. The van der Waals surface area contributed by atoms with Gasteiger partial charge >= 0.3 is 0 Å². The van der Waals surface area contributed by atoms with Gasteiger partial charge in [0, 0.05) is 18.8 Å². The lowest BCUT2D eigenvalue weighted by Gasteiger charge is -2.28. The van der Waals surface area contributed by atoms with Crippen molar-refractivity contribution in [2.45, 2.75) is 46.1 Å². The van der Waals surface area contributed by atoms with Crippen molar-refractivity contribution in [2.24, 2.45) is 5.41 Å². The molecule has 0 bridgehead atoms. The van der Waals surface area contributed by atoms with Gasteiger partial charge in [0.1, 0.15) is 0 Å². The second-order valence-electron chi connectivity index (χ2n) is 5.93. The van der Waals surface area contributed by atoms with Crippen LogP contribution in [0.5, 0.6) is 0 Å². The van der Waals surface area contributed by atoms with E-state index in [1.165, 1.54) is 30.5 Å². The number of fused-ring (bicyclic) bond motifs is 1.